The van der Waals surface area contributed by atoms with Gasteiger partial charge in [-0.05, 0) is 49.4 Å². The Kier molecular flexibility index (Phi) is 3.20. The van der Waals surface area contributed by atoms with Gasteiger partial charge in [0.1, 0.15) is 5.82 Å². The van der Waals surface area contributed by atoms with E-state index in [4.69, 9.17) is 4.98 Å². The van der Waals surface area contributed by atoms with Gasteiger partial charge in [-0.3, -0.25) is 4.90 Å². The molecule has 0 radical (unpaired) electrons. The maximum atomic E-state index is 4.87. The lowest BCUT2D eigenvalue weighted by Crippen LogP contribution is -2.31. The molecule has 1 aliphatic heterocycles. The summed E-state index contributed by atoms with van der Waals surface area (Å²) in [6.45, 7) is 5.16. The molecule has 1 aromatic carbocycles. The molecule has 0 amide bonds. The number of hydrogen-bond acceptors (Lipinski definition) is 3. The van der Waals surface area contributed by atoms with Crippen LogP contribution in [0.2, 0.25) is 0 Å². The minimum absolute atomic E-state index is 0.627. The molecular weight excluding hydrogens is 296 g/mol. The average Bonchev–Trinajstić information content (AvgIpc) is 3.38. The fourth-order valence-corrected chi connectivity index (χ4v) is 3.71. The van der Waals surface area contributed by atoms with Crippen molar-refractivity contribution in [1.82, 2.24) is 19.9 Å². The quantitative estimate of drug-likeness (QED) is 0.801. The van der Waals surface area contributed by atoms with E-state index in [1.54, 1.807) is 0 Å². The smallest absolute Gasteiger partial charge is 0.131 e. The lowest BCUT2D eigenvalue weighted by Gasteiger charge is -2.27. The Balaban J connectivity index is 1.40. The lowest BCUT2D eigenvalue weighted by atomic mass is 10.0. The molecule has 0 unspecified atom stereocenters. The molecule has 1 saturated carbocycles. The molecule has 4 heteroatoms. The average molecular weight is 318 g/mol. The maximum absolute atomic E-state index is 4.87. The molecule has 4 nitrogen and oxygen atoms in total. The first-order chi connectivity index (χ1) is 11.8. The fourth-order valence-electron chi connectivity index (χ4n) is 3.71. The van der Waals surface area contributed by atoms with E-state index in [1.807, 2.05) is 0 Å². The SMILES string of the molecule is Cc1ccc2[nH]cc(CN3CCc4cnc(C5CC5)nc4C3)c2c1. The van der Waals surface area contributed by atoms with Crippen LogP contribution in [-0.4, -0.2) is 26.4 Å². The first-order valence-corrected chi connectivity index (χ1v) is 8.90. The molecule has 3 heterocycles. The summed E-state index contributed by atoms with van der Waals surface area (Å²) in [5.41, 5.74) is 6.51. The molecule has 0 atom stereocenters. The summed E-state index contributed by atoms with van der Waals surface area (Å²) in [6.07, 6.45) is 7.81. The number of hydrogen-bond donors (Lipinski definition) is 1. The molecule has 24 heavy (non-hydrogen) atoms. The number of nitrogens with one attached hydrogen (secondary N) is 1. The van der Waals surface area contributed by atoms with Gasteiger partial charge in [0.05, 0.1) is 5.69 Å². The van der Waals surface area contributed by atoms with E-state index in [1.165, 1.54) is 46.1 Å². The van der Waals surface area contributed by atoms with Crippen molar-refractivity contribution < 1.29 is 0 Å². The Labute approximate surface area is 141 Å². The van der Waals surface area contributed by atoms with E-state index in [0.717, 1.165) is 31.9 Å². The summed E-state index contributed by atoms with van der Waals surface area (Å²) in [5.74, 6) is 1.69. The third-order valence-corrected chi connectivity index (χ3v) is 5.30. The number of fused-ring (bicyclic) bond motifs is 2. The molecule has 1 N–H and O–H groups in total. The van der Waals surface area contributed by atoms with Gasteiger partial charge in [0.25, 0.3) is 0 Å². The monoisotopic (exact) mass is 318 g/mol. The van der Waals surface area contributed by atoms with Crippen LogP contribution in [0.15, 0.2) is 30.6 Å². The number of aryl methyl sites for hydroxylation is 1. The van der Waals surface area contributed by atoms with Gasteiger partial charge < -0.3 is 4.98 Å². The summed E-state index contributed by atoms with van der Waals surface area (Å²) >= 11 is 0. The van der Waals surface area contributed by atoms with Crippen molar-refractivity contribution >= 4 is 10.9 Å². The number of nitrogens with zero attached hydrogens (tertiary/aromatic N) is 3. The number of aromatic nitrogens is 3. The van der Waals surface area contributed by atoms with Crippen molar-refractivity contribution in [3.63, 3.8) is 0 Å². The number of H-pyrrole nitrogens is 1. The van der Waals surface area contributed by atoms with Gasteiger partial charge >= 0.3 is 0 Å². The third-order valence-electron chi connectivity index (χ3n) is 5.30. The zero-order valence-corrected chi connectivity index (χ0v) is 14.0. The summed E-state index contributed by atoms with van der Waals surface area (Å²) in [7, 11) is 0. The minimum atomic E-state index is 0.627. The number of benzene rings is 1. The van der Waals surface area contributed by atoms with Crippen LogP contribution in [0.25, 0.3) is 10.9 Å². The Morgan fingerprint density at radius 2 is 2.21 bits per heavy atom. The fraction of sp³-hybridized carbons (Fsp3) is 0.400. The predicted molar refractivity (Wildman–Crippen MR) is 94.9 cm³/mol. The first kappa shape index (κ1) is 14.2. The Bertz CT molecular complexity index is 907. The first-order valence-electron chi connectivity index (χ1n) is 8.90. The number of rotatable bonds is 3. The van der Waals surface area contributed by atoms with Gasteiger partial charge in [0.2, 0.25) is 0 Å². The van der Waals surface area contributed by atoms with E-state index >= 15 is 0 Å². The molecule has 122 valence electrons. The molecule has 1 aliphatic carbocycles. The molecule has 2 aliphatic rings. The van der Waals surface area contributed by atoms with E-state index in [9.17, 15) is 0 Å². The zero-order valence-electron chi connectivity index (χ0n) is 14.0. The van der Waals surface area contributed by atoms with E-state index in [-0.39, 0.29) is 0 Å². The molecule has 1 fully saturated rings. The summed E-state index contributed by atoms with van der Waals surface area (Å²) in [5, 5.41) is 1.35. The highest BCUT2D eigenvalue weighted by Gasteiger charge is 2.28. The second-order valence-corrected chi connectivity index (χ2v) is 7.30. The highest BCUT2D eigenvalue weighted by atomic mass is 15.1. The van der Waals surface area contributed by atoms with E-state index in [0.29, 0.717) is 5.92 Å². The second-order valence-electron chi connectivity index (χ2n) is 7.30. The van der Waals surface area contributed by atoms with Crippen LogP contribution in [0.3, 0.4) is 0 Å². The summed E-state index contributed by atoms with van der Waals surface area (Å²) in [4.78, 5) is 15.4. The molecular formula is C20H22N4. The van der Waals surface area contributed by atoms with Crippen molar-refractivity contribution in [3.8, 4) is 0 Å². The Morgan fingerprint density at radius 3 is 3.08 bits per heavy atom. The standard InChI is InChI=1S/C20H22N4/c1-13-2-5-18-17(8-13)16(10-21-18)11-24-7-6-15-9-22-20(14-3-4-14)23-19(15)12-24/h2,5,8-10,14,21H,3-4,6-7,11-12H2,1H3. The number of aromatic amines is 1. The van der Waals surface area contributed by atoms with Crippen LogP contribution in [0, 0.1) is 6.92 Å². The summed E-state index contributed by atoms with van der Waals surface area (Å²) in [6, 6.07) is 6.62. The topological polar surface area (TPSA) is 44.8 Å². The van der Waals surface area contributed by atoms with Gasteiger partial charge in [-0.15, -0.1) is 0 Å². The predicted octanol–water partition coefficient (Wildman–Crippen LogP) is 3.70. The van der Waals surface area contributed by atoms with E-state index in [2.05, 4.69) is 52.4 Å². The van der Waals surface area contributed by atoms with Gasteiger partial charge in [-0.25, -0.2) is 9.97 Å². The Morgan fingerprint density at radius 1 is 1.29 bits per heavy atom. The molecule has 3 aromatic rings. The molecule has 0 spiro atoms. The lowest BCUT2D eigenvalue weighted by molar-refractivity contribution is 0.241. The molecule has 0 saturated heterocycles. The van der Waals surface area contributed by atoms with Crippen LogP contribution in [-0.2, 0) is 19.5 Å². The van der Waals surface area contributed by atoms with Crippen LogP contribution in [0.1, 0.15) is 47.0 Å². The molecule has 5 rings (SSSR count). The van der Waals surface area contributed by atoms with E-state index < -0.39 is 0 Å². The van der Waals surface area contributed by atoms with Crippen molar-refractivity contribution in [1.29, 1.82) is 0 Å². The van der Waals surface area contributed by atoms with Gasteiger partial charge in [0.15, 0.2) is 0 Å². The second kappa shape index (κ2) is 5.42. The van der Waals surface area contributed by atoms with Crippen LogP contribution < -0.4 is 0 Å². The van der Waals surface area contributed by atoms with Gasteiger partial charge in [0, 0.05) is 48.8 Å². The molecule has 0 bridgehead atoms. The van der Waals surface area contributed by atoms with Crippen molar-refractivity contribution in [2.75, 3.05) is 6.54 Å². The minimum Gasteiger partial charge on any atom is -0.361 e. The highest BCUT2D eigenvalue weighted by Crippen LogP contribution is 2.38. The van der Waals surface area contributed by atoms with Crippen LogP contribution >= 0.6 is 0 Å². The van der Waals surface area contributed by atoms with Crippen LogP contribution in [0.4, 0.5) is 0 Å². The van der Waals surface area contributed by atoms with Crippen LogP contribution in [0.5, 0.6) is 0 Å². The zero-order chi connectivity index (χ0) is 16.1. The normalized spacial score (nSPS) is 18.0. The third kappa shape index (κ3) is 2.51. The van der Waals surface area contributed by atoms with Crippen molar-refractivity contribution in [3.05, 3.63) is 58.8 Å². The summed E-state index contributed by atoms with van der Waals surface area (Å²) < 4.78 is 0. The maximum Gasteiger partial charge on any atom is 0.131 e. The largest absolute Gasteiger partial charge is 0.361 e. The highest BCUT2D eigenvalue weighted by molar-refractivity contribution is 5.83. The Hall–Kier alpha value is -2.20. The molecule has 2 aromatic heterocycles. The van der Waals surface area contributed by atoms with Gasteiger partial charge in [-0.1, -0.05) is 11.6 Å². The van der Waals surface area contributed by atoms with Gasteiger partial charge in [-0.2, -0.15) is 0 Å². The van der Waals surface area contributed by atoms with Crippen molar-refractivity contribution in [2.24, 2.45) is 0 Å². The van der Waals surface area contributed by atoms with Crippen molar-refractivity contribution in [2.45, 2.75) is 45.2 Å².